The lowest BCUT2D eigenvalue weighted by Crippen LogP contribution is -1.79. The minimum atomic E-state index is 0.580. The summed E-state index contributed by atoms with van der Waals surface area (Å²) in [5, 5.41) is 1.02. The van der Waals surface area contributed by atoms with E-state index in [-0.39, 0.29) is 0 Å². The fraction of sp³-hybridized carbons (Fsp3) is 0.167. The summed E-state index contributed by atoms with van der Waals surface area (Å²) in [5.74, 6) is 0. The number of thiazole rings is 1. The molecule has 0 spiro atoms. The molecule has 0 radical (unpaired) electrons. The highest BCUT2D eigenvalue weighted by Crippen LogP contribution is 2.25. The van der Waals surface area contributed by atoms with Crippen molar-refractivity contribution in [1.82, 2.24) is 4.98 Å². The third-order valence-electron chi connectivity index (χ3n) is 2.08. The van der Waals surface area contributed by atoms with Crippen LogP contribution in [-0.2, 0) is 11.2 Å². The highest BCUT2D eigenvalue weighted by molar-refractivity contribution is 7.15. The van der Waals surface area contributed by atoms with Gasteiger partial charge >= 0.3 is 0 Å². The number of nitrogens with zero attached hydrogens (tertiary/aromatic N) is 1. The third-order valence-corrected chi connectivity index (χ3v) is 3.19. The molecule has 1 heterocycles. The number of aryl methyl sites for hydroxylation is 1. The number of aromatic nitrogens is 1. The molecule has 0 unspecified atom stereocenters. The van der Waals surface area contributed by atoms with Crippen molar-refractivity contribution in [1.29, 1.82) is 0 Å². The Morgan fingerprint density at radius 2 is 2.07 bits per heavy atom. The van der Waals surface area contributed by atoms with Crippen molar-refractivity contribution in [2.75, 3.05) is 0 Å². The number of hydrogen-bond donors (Lipinski definition) is 0. The van der Waals surface area contributed by atoms with Crippen molar-refractivity contribution in [2.24, 2.45) is 0 Å². The van der Waals surface area contributed by atoms with Crippen molar-refractivity contribution in [3.05, 3.63) is 41.4 Å². The van der Waals surface area contributed by atoms with Crippen LogP contribution in [0.1, 0.15) is 11.3 Å². The normalized spacial score (nSPS) is 10.1. The molecule has 0 saturated carbocycles. The molecule has 3 heteroatoms. The number of aldehydes is 1. The van der Waals surface area contributed by atoms with Crippen LogP contribution in [0.4, 0.5) is 0 Å². The van der Waals surface area contributed by atoms with Gasteiger partial charge in [-0.3, -0.25) is 0 Å². The van der Waals surface area contributed by atoms with E-state index in [1.165, 1.54) is 4.88 Å². The lowest BCUT2D eigenvalue weighted by molar-refractivity contribution is -0.107. The number of carbonyl (C=O) groups is 1. The molecule has 0 aliphatic rings. The van der Waals surface area contributed by atoms with Gasteiger partial charge in [-0.05, 0) is 6.42 Å². The number of hydrogen-bond acceptors (Lipinski definition) is 3. The van der Waals surface area contributed by atoms with Gasteiger partial charge in [0.25, 0.3) is 0 Å². The van der Waals surface area contributed by atoms with E-state index in [4.69, 9.17) is 0 Å². The highest BCUT2D eigenvalue weighted by atomic mass is 32.1. The van der Waals surface area contributed by atoms with Crippen molar-refractivity contribution < 1.29 is 4.79 Å². The van der Waals surface area contributed by atoms with Gasteiger partial charge in [-0.25, -0.2) is 4.98 Å². The Morgan fingerprint density at radius 3 is 2.80 bits per heavy atom. The van der Waals surface area contributed by atoms with Gasteiger partial charge in [0.15, 0.2) is 0 Å². The Balaban J connectivity index is 2.17. The molecule has 2 nitrogen and oxygen atoms in total. The minimum Gasteiger partial charge on any atom is -0.303 e. The Kier molecular flexibility index (Phi) is 3.25. The van der Waals surface area contributed by atoms with E-state index in [1.54, 1.807) is 11.3 Å². The largest absolute Gasteiger partial charge is 0.303 e. The van der Waals surface area contributed by atoms with Crippen LogP contribution in [0, 0.1) is 0 Å². The zero-order valence-corrected chi connectivity index (χ0v) is 9.04. The van der Waals surface area contributed by atoms with Gasteiger partial charge in [-0.2, -0.15) is 0 Å². The molecule has 76 valence electrons. The molecule has 0 amide bonds. The third kappa shape index (κ3) is 2.50. The number of carbonyl (C=O) groups excluding carboxylic acids is 1. The maximum atomic E-state index is 10.2. The Hall–Kier alpha value is -1.48. The van der Waals surface area contributed by atoms with Gasteiger partial charge < -0.3 is 4.79 Å². The SMILES string of the molecule is O=CCCc1cnc(-c2ccccc2)s1. The van der Waals surface area contributed by atoms with Crippen molar-refractivity contribution in [2.45, 2.75) is 12.8 Å². The maximum absolute atomic E-state index is 10.2. The number of rotatable bonds is 4. The van der Waals surface area contributed by atoms with E-state index in [0.29, 0.717) is 6.42 Å². The first-order valence-electron chi connectivity index (χ1n) is 4.84. The molecule has 0 aliphatic carbocycles. The van der Waals surface area contributed by atoms with Gasteiger partial charge in [0.2, 0.25) is 0 Å². The second kappa shape index (κ2) is 4.84. The fourth-order valence-electron chi connectivity index (χ4n) is 1.34. The lowest BCUT2D eigenvalue weighted by Gasteiger charge is -1.93. The van der Waals surface area contributed by atoms with Gasteiger partial charge in [-0.15, -0.1) is 11.3 Å². The summed E-state index contributed by atoms with van der Waals surface area (Å²) in [6, 6.07) is 10.1. The van der Waals surface area contributed by atoms with Crippen molar-refractivity contribution in [3.63, 3.8) is 0 Å². The van der Waals surface area contributed by atoms with E-state index in [2.05, 4.69) is 4.98 Å². The molecule has 1 aromatic carbocycles. The maximum Gasteiger partial charge on any atom is 0.123 e. The van der Waals surface area contributed by atoms with Gasteiger partial charge in [0.1, 0.15) is 11.3 Å². The summed E-state index contributed by atoms with van der Waals surface area (Å²) >= 11 is 1.66. The average Bonchev–Trinajstić information content (AvgIpc) is 2.76. The van der Waals surface area contributed by atoms with E-state index in [0.717, 1.165) is 23.3 Å². The average molecular weight is 217 g/mol. The summed E-state index contributed by atoms with van der Waals surface area (Å²) in [6.07, 6.45) is 4.18. The quantitative estimate of drug-likeness (QED) is 0.737. The summed E-state index contributed by atoms with van der Waals surface area (Å²) in [4.78, 5) is 15.7. The summed E-state index contributed by atoms with van der Waals surface area (Å²) in [5.41, 5.74) is 1.14. The summed E-state index contributed by atoms with van der Waals surface area (Å²) < 4.78 is 0. The van der Waals surface area contributed by atoms with E-state index >= 15 is 0 Å². The predicted octanol–water partition coefficient (Wildman–Crippen LogP) is 2.94. The number of benzene rings is 1. The summed E-state index contributed by atoms with van der Waals surface area (Å²) in [7, 11) is 0. The first-order chi connectivity index (χ1) is 7.40. The second-order valence-corrected chi connectivity index (χ2v) is 4.32. The first-order valence-corrected chi connectivity index (χ1v) is 5.65. The highest BCUT2D eigenvalue weighted by Gasteiger charge is 2.03. The topological polar surface area (TPSA) is 30.0 Å². The Labute approximate surface area is 92.6 Å². The van der Waals surface area contributed by atoms with Crippen LogP contribution in [0.5, 0.6) is 0 Å². The zero-order chi connectivity index (χ0) is 10.5. The second-order valence-electron chi connectivity index (χ2n) is 3.20. The van der Waals surface area contributed by atoms with Crippen LogP contribution in [0.3, 0.4) is 0 Å². The van der Waals surface area contributed by atoms with Crippen LogP contribution in [0.15, 0.2) is 36.5 Å². The molecule has 0 bridgehead atoms. The van der Waals surface area contributed by atoms with Crippen LogP contribution in [0.2, 0.25) is 0 Å². The van der Waals surface area contributed by atoms with Gasteiger partial charge in [-0.1, -0.05) is 30.3 Å². The van der Waals surface area contributed by atoms with E-state index in [1.807, 2.05) is 36.5 Å². The Morgan fingerprint density at radius 1 is 1.27 bits per heavy atom. The molecular weight excluding hydrogens is 206 g/mol. The molecule has 1 aromatic heterocycles. The van der Waals surface area contributed by atoms with Crippen LogP contribution < -0.4 is 0 Å². The standard InChI is InChI=1S/C12H11NOS/c14-8-4-7-11-9-13-12(15-11)10-5-2-1-3-6-10/h1-3,5-6,8-9H,4,7H2. The Bertz CT molecular complexity index is 436. The van der Waals surface area contributed by atoms with Crippen LogP contribution >= 0.6 is 11.3 Å². The van der Waals surface area contributed by atoms with Gasteiger partial charge in [0.05, 0.1) is 0 Å². The van der Waals surface area contributed by atoms with Crippen molar-refractivity contribution in [3.8, 4) is 10.6 Å². The molecule has 0 fully saturated rings. The first kappa shape index (κ1) is 10.1. The molecule has 0 saturated heterocycles. The van der Waals surface area contributed by atoms with Gasteiger partial charge in [0, 0.05) is 23.1 Å². The molecule has 0 atom stereocenters. The lowest BCUT2D eigenvalue weighted by atomic mass is 10.2. The zero-order valence-electron chi connectivity index (χ0n) is 8.22. The predicted molar refractivity (Wildman–Crippen MR) is 61.9 cm³/mol. The summed E-state index contributed by atoms with van der Waals surface area (Å²) in [6.45, 7) is 0. The van der Waals surface area contributed by atoms with Crippen LogP contribution in [-0.4, -0.2) is 11.3 Å². The molecule has 2 aromatic rings. The molecule has 0 N–H and O–H groups in total. The minimum absolute atomic E-state index is 0.580. The molecule has 2 rings (SSSR count). The van der Waals surface area contributed by atoms with E-state index < -0.39 is 0 Å². The smallest absolute Gasteiger partial charge is 0.123 e. The molecular formula is C12H11NOS. The molecule has 15 heavy (non-hydrogen) atoms. The molecule has 0 aliphatic heterocycles. The van der Waals surface area contributed by atoms with E-state index in [9.17, 15) is 4.79 Å². The van der Waals surface area contributed by atoms with Crippen molar-refractivity contribution >= 4 is 17.6 Å². The van der Waals surface area contributed by atoms with Crippen LogP contribution in [0.25, 0.3) is 10.6 Å². The fourth-order valence-corrected chi connectivity index (χ4v) is 2.27. The monoisotopic (exact) mass is 217 g/mol.